The Morgan fingerprint density at radius 2 is 2.11 bits per heavy atom. The highest BCUT2D eigenvalue weighted by Crippen LogP contribution is 2.26. The first-order chi connectivity index (χ1) is 8.99. The second kappa shape index (κ2) is 7.49. The topological polar surface area (TPSA) is 53.0 Å². The summed E-state index contributed by atoms with van der Waals surface area (Å²) in [5.74, 6) is -0.0135. The van der Waals surface area contributed by atoms with Gasteiger partial charge in [0, 0.05) is 23.7 Å². The SMILES string of the molecule is CCN(CC(C)C#N)C(c1cccc(Cl)c1)C(C)N. The second-order valence-corrected chi connectivity index (χ2v) is 5.41. The van der Waals surface area contributed by atoms with Crippen LogP contribution in [0.3, 0.4) is 0 Å². The third kappa shape index (κ3) is 4.50. The van der Waals surface area contributed by atoms with Crippen LogP contribution in [0, 0.1) is 17.2 Å². The van der Waals surface area contributed by atoms with Gasteiger partial charge in [-0.2, -0.15) is 5.26 Å². The molecule has 1 aromatic carbocycles. The highest BCUT2D eigenvalue weighted by molar-refractivity contribution is 6.30. The Hall–Kier alpha value is -1.08. The molecule has 0 heterocycles. The molecule has 0 bridgehead atoms. The van der Waals surface area contributed by atoms with Gasteiger partial charge in [0.05, 0.1) is 12.0 Å². The molecule has 3 atom stereocenters. The summed E-state index contributed by atoms with van der Waals surface area (Å²) >= 11 is 6.06. The summed E-state index contributed by atoms with van der Waals surface area (Å²) in [6.07, 6.45) is 0. The third-order valence-electron chi connectivity index (χ3n) is 3.22. The van der Waals surface area contributed by atoms with Gasteiger partial charge >= 0.3 is 0 Å². The van der Waals surface area contributed by atoms with Crippen LogP contribution in [0.1, 0.15) is 32.4 Å². The smallest absolute Gasteiger partial charge is 0.0666 e. The standard InChI is InChI=1S/C15H22ClN3/c1-4-19(10-11(2)9-17)15(12(3)18)13-6-5-7-14(16)8-13/h5-8,11-12,15H,4,10,18H2,1-3H3. The molecule has 0 saturated heterocycles. The molecular weight excluding hydrogens is 258 g/mol. The van der Waals surface area contributed by atoms with E-state index in [9.17, 15) is 0 Å². The molecule has 0 spiro atoms. The average Bonchev–Trinajstić information content (AvgIpc) is 2.37. The zero-order valence-electron chi connectivity index (χ0n) is 11.8. The van der Waals surface area contributed by atoms with Crippen LogP contribution in [0.2, 0.25) is 5.02 Å². The Labute approximate surface area is 121 Å². The summed E-state index contributed by atoms with van der Waals surface area (Å²) in [7, 11) is 0. The van der Waals surface area contributed by atoms with Crippen molar-refractivity contribution in [2.45, 2.75) is 32.9 Å². The van der Waals surface area contributed by atoms with E-state index in [1.807, 2.05) is 38.1 Å². The van der Waals surface area contributed by atoms with Crippen LogP contribution in [0.25, 0.3) is 0 Å². The molecule has 0 amide bonds. The molecule has 3 nitrogen and oxygen atoms in total. The lowest BCUT2D eigenvalue weighted by molar-refractivity contribution is 0.173. The molecule has 4 heteroatoms. The summed E-state index contributed by atoms with van der Waals surface area (Å²) in [4.78, 5) is 2.24. The van der Waals surface area contributed by atoms with Gasteiger partial charge in [0.25, 0.3) is 0 Å². The fourth-order valence-corrected chi connectivity index (χ4v) is 2.57. The van der Waals surface area contributed by atoms with E-state index in [4.69, 9.17) is 22.6 Å². The van der Waals surface area contributed by atoms with Gasteiger partial charge in [0.2, 0.25) is 0 Å². The van der Waals surface area contributed by atoms with Crippen molar-refractivity contribution in [3.8, 4) is 6.07 Å². The van der Waals surface area contributed by atoms with E-state index in [-0.39, 0.29) is 18.0 Å². The molecule has 1 rings (SSSR count). The Kier molecular flexibility index (Phi) is 6.30. The van der Waals surface area contributed by atoms with Crippen molar-refractivity contribution in [3.63, 3.8) is 0 Å². The van der Waals surface area contributed by atoms with Crippen molar-refractivity contribution < 1.29 is 0 Å². The highest BCUT2D eigenvalue weighted by atomic mass is 35.5. The predicted molar refractivity (Wildman–Crippen MR) is 79.9 cm³/mol. The van der Waals surface area contributed by atoms with Gasteiger partial charge in [0.15, 0.2) is 0 Å². The molecule has 0 aliphatic heterocycles. The minimum atomic E-state index is -0.0238. The van der Waals surface area contributed by atoms with Crippen LogP contribution in [0.5, 0.6) is 0 Å². The number of hydrogen-bond donors (Lipinski definition) is 1. The lowest BCUT2D eigenvalue weighted by atomic mass is 9.98. The first-order valence-corrected chi connectivity index (χ1v) is 7.02. The lowest BCUT2D eigenvalue weighted by Crippen LogP contribution is -2.41. The van der Waals surface area contributed by atoms with Crippen molar-refractivity contribution in [2.75, 3.05) is 13.1 Å². The van der Waals surface area contributed by atoms with Gasteiger partial charge in [-0.3, -0.25) is 4.90 Å². The molecule has 19 heavy (non-hydrogen) atoms. The van der Waals surface area contributed by atoms with Crippen molar-refractivity contribution in [1.82, 2.24) is 4.90 Å². The quantitative estimate of drug-likeness (QED) is 0.870. The van der Waals surface area contributed by atoms with E-state index in [0.717, 1.165) is 12.1 Å². The van der Waals surface area contributed by atoms with E-state index in [0.29, 0.717) is 11.6 Å². The maximum atomic E-state index is 8.99. The minimum Gasteiger partial charge on any atom is -0.326 e. The molecule has 1 aromatic rings. The Morgan fingerprint density at radius 3 is 2.58 bits per heavy atom. The van der Waals surface area contributed by atoms with Crippen LogP contribution in [0.15, 0.2) is 24.3 Å². The maximum Gasteiger partial charge on any atom is 0.0666 e. The second-order valence-electron chi connectivity index (χ2n) is 4.98. The van der Waals surface area contributed by atoms with Crippen molar-refractivity contribution in [1.29, 1.82) is 5.26 Å². The van der Waals surface area contributed by atoms with E-state index >= 15 is 0 Å². The molecule has 0 radical (unpaired) electrons. The van der Waals surface area contributed by atoms with Gasteiger partial charge in [-0.05, 0) is 38.1 Å². The normalized spacial score (nSPS) is 15.8. The van der Waals surface area contributed by atoms with Gasteiger partial charge < -0.3 is 5.73 Å². The molecule has 0 aliphatic carbocycles. The molecule has 3 unspecified atom stereocenters. The molecule has 0 saturated carbocycles. The summed E-state index contributed by atoms with van der Waals surface area (Å²) in [5, 5.41) is 9.70. The molecule has 2 N–H and O–H groups in total. The number of nitrogens with two attached hydrogens (primary N) is 1. The third-order valence-corrected chi connectivity index (χ3v) is 3.45. The minimum absolute atomic E-state index is 0.0135. The summed E-state index contributed by atoms with van der Waals surface area (Å²) in [6.45, 7) is 7.57. The van der Waals surface area contributed by atoms with Crippen LogP contribution in [-0.4, -0.2) is 24.0 Å². The Bertz CT molecular complexity index is 439. The number of nitriles is 1. The molecule has 104 valence electrons. The molecular formula is C15H22ClN3. The van der Waals surface area contributed by atoms with E-state index in [1.54, 1.807) is 0 Å². The maximum absolute atomic E-state index is 8.99. The highest BCUT2D eigenvalue weighted by Gasteiger charge is 2.24. The first kappa shape index (κ1) is 16.0. The number of nitrogens with zero attached hydrogens (tertiary/aromatic N) is 2. The number of benzene rings is 1. The van der Waals surface area contributed by atoms with Crippen LogP contribution in [-0.2, 0) is 0 Å². The number of halogens is 1. The number of likely N-dealkylation sites (N-methyl/N-ethyl adjacent to an activating group) is 1. The molecule has 0 aromatic heterocycles. The summed E-state index contributed by atoms with van der Waals surface area (Å²) in [5.41, 5.74) is 7.25. The van der Waals surface area contributed by atoms with Gasteiger partial charge in [0.1, 0.15) is 0 Å². The van der Waals surface area contributed by atoms with E-state index in [1.165, 1.54) is 0 Å². The van der Waals surface area contributed by atoms with E-state index < -0.39 is 0 Å². The fourth-order valence-electron chi connectivity index (χ4n) is 2.37. The first-order valence-electron chi connectivity index (χ1n) is 6.64. The molecule has 0 fully saturated rings. The van der Waals surface area contributed by atoms with Crippen LogP contribution in [0.4, 0.5) is 0 Å². The van der Waals surface area contributed by atoms with E-state index in [2.05, 4.69) is 17.9 Å². The Morgan fingerprint density at radius 1 is 1.42 bits per heavy atom. The monoisotopic (exact) mass is 279 g/mol. The number of rotatable bonds is 6. The van der Waals surface area contributed by atoms with Crippen LogP contribution < -0.4 is 5.73 Å². The Balaban J connectivity index is 3.02. The van der Waals surface area contributed by atoms with Crippen molar-refractivity contribution in [3.05, 3.63) is 34.9 Å². The average molecular weight is 280 g/mol. The van der Waals surface area contributed by atoms with Crippen molar-refractivity contribution in [2.24, 2.45) is 11.7 Å². The lowest BCUT2D eigenvalue weighted by Gasteiger charge is -2.34. The van der Waals surface area contributed by atoms with Gasteiger partial charge in [-0.1, -0.05) is 30.7 Å². The summed E-state index contributed by atoms with van der Waals surface area (Å²) < 4.78 is 0. The molecule has 0 aliphatic rings. The largest absolute Gasteiger partial charge is 0.326 e. The zero-order valence-corrected chi connectivity index (χ0v) is 12.6. The summed E-state index contributed by atoms with van der Waals surface area (Å²) in [6, 6.07) is 10.1. The fraction of sp³-hybridized carbons (Fsp3) is 0.533. The van der Waals surface area contributed by atoms with Crippen molar-refractivity contribution >= 4 is 11.6 Å². The predicted octanol–water partition coefficient (Wildman–Crippen LogP) is 3.21. The van der Waals surface area contributed by atoms with Gasteiger partial charge in [-0.25, -0.2) is 0 Å². The van der Waals surface area contributed by atoms with Crippen LogP contribution >= 0.6 is 11.6 Å². The number of hydrogen-bond acceptors (Lipinski definition) is 3. The zero-order chi connectivity index (χ0) is 14.4. The van der Waals surface area contributed by atoms with Gasteiger partial charge in [-0.15, -0.1) is 0 Å².